The van der Waals surface area contributed by atoms with Crippen LogP contribution in [-0.2, 0) is 7.05 Å². The van der Waals surface area contributed by atoms with Crippen LogP contribution in [0.1, 0.15) is 44.6 Å². The Kier molecular flexibility index (Phi) is 4.80. The lowest BCUT2D eigenvalue weighted by molar-refractivity contribution is -0.266. The second kappa shape index (κ2) is 7.49. The summed E-state index contributed by atoms with van der Waals surface area (Å²) in [7, 11) is 1.73. The first-order valence-electron chi connectivity index (χ1n) is 12.0. The van der Waals surface area contributed by atoms with Gasteiger partial charge in [0.25, 0.3) is 5.56 Å². The molecular weight excluding hydrogens is 463 g/mol. The highest BCUT2D eigenvalue weighted by Gasteiger charge is 2.54. The molecule has 3 fully saturated rings. The van der Waals surface area contributed by atoms with Gasteiger partial charge in [0.1, 0.15) is 11.2 Å². The van der Waals surface area contributed by atoms with Crippen molar-refractivity contribution in [3.63, 3.8) is 0 Å². The zero-order valence-electron chi connectivity index (χ0n) is 19.3. The third kappa shape index (κ3) is 3.60. The largest absolute Gasteiger partial charge is 0.417 e. The number of fused-ring (bicyclic) bond motifs is 1. The lowest BCUT2D eigenvalue weighted by Crippen LogP contribution is -2.53. The molecule has 2 aliphatic carbocycles. The van der Waals surface area contributed by atoms with E-state index in [9.17, 15) is 23.1 Å². The Morgan fingerprint density at radius 3 is 2.40 bits per heavy atom. The highest BCUT2D eigenvalue weighted by atomic mass is 19.4. The van der Waals surface area contributed by atoms with Crippen molar-refractivity contribution in [1.29, 1.82) is 0 Å². The minimum atomic E-state index is -4.66. The highest BCUT2D eigenvalue weighted by molar-refractivity contribution is 5.97. The number of aryl methyl sites for hydroxylation is 1. The number of aromatic nitrogens is 5. The lowest BCUT2D eigenvalue weighted by Gasteiger charge is -2.39. The molecule has 4 N–H and O–H groups in total. The van der Waals surface area contributed by atoms with Crippen molar-refractivity contribution in [2.75, 3.05) is 23.7 Å². The van der Waals surface area contributed by atoms with Gasteiger partial charge >= 0.3 is 6.18 Å². The molecule has 4 heterocycles. The van der Waals surface area contributed by atoms with Crippen LogP contribution in [0.4, 0.5) is 24.8 Å². The first-order valence-corrected chi connectivity index (χ1v) is 12.0. The van der Waals surface area contributed by atoms with Crippen molar-refractivity contribution in [1.82, 2.24) is 24.5 Å². The minimum Gasteiger partial charge on any atom is -0.382 e. The zero-order chi connectivity index (χ0) is 24.7. The minimum absolute atomic E-state index is 0.0479. The van der Waals surface area contributed by atoms with Gasteiger partial charge in [-0.05, 0) is 37.5 Å². The van der Waals surface area contributed by atoms with E-state index in [0.717, 1.165) is 25.7 Å². The summed E-state index contributed by atoms with van der Waals surface area (Å²) in [6.45, 7) is 0.0959. The van der Waals surface area contributed by atoms with Crippen LogP contribution in [0.2, 0.25) is 0 Å². The molecule has 1 aliphatic heterocycles. The van der Waals surface area contributed by atoms with Crippen LogP contribution in [0.15, 0.2) is 17.1 Å². The molecule has 2 saturated carbocycles. The molecule has 9 nitrogen and oxygen atoms in total. The van der Waals surface area contributed by atoms with Gasteiger partial charge in [-0.2, -0.15) is 23.4 Å². The summed E-state index contributed by atoms with van der Waals surface area (Å²) < 4.78 is 43.1. The smallest absolute Gasteiger partial charge is 0.382 e. The van der Waals surface area contributed by atoms with E-state index in [4.69, 9.17) is 5.73 Å². The molecule has 0 unspecified atom stereocenters. The van der Waals surface area contributed by atoms with Gasteiger partial charge in [0.15, 0.2) is 11.4 Å². The van der Waals surface area contributed by atoms with Crippen LogP contribution in [-0.4, -0.2) is 54.5 Å². The molecule has 3 aromatic rings. The molecule has 0 atom stereocenters. The Bertz CT molecular complexity index is 1330. The molecule has 35 heavy (non-hydrogen) atoms. The quantitative estimate of drug-likeness (QED) is 0.505. The van der Waals surface area contributed by atoms with E-state index < -0.39 is 24.6 Å². The number of nitrogens with one attached hydrogen (secondary N) is 1. The molecule has 0 radical (unpaired) electrons. The molecule has 0 aromatic carbocycles. The number of piperidine rings is 1. The number of nitrogens with zero attached hydrogens (tertiary/aromatic N) is 5. The van der Waals surface area contributed by atoms with Gasteiger partial charge in [-0.15, -0.1) is 0 Å². The Hall–Kier alpha value is -3.02. The summed E-state index contributed by atoms with van der Waals surface area (Å²) in [6, 6.07) is 1.94. The number of hydrogen-bond acceptors (Lipinski definition) is 6. The molecular formula is C23H28F3N7O2. The summed E-state index contributed by atoms with van der Waals surface area (Å²) in [4.78, 5) is 15.2. The maximum absolute atomic E-state index is 13.4. The topological polar surface area (TPSA) is 118 Å². The fraction of sp³-hybridized carbons (Fsp3) is 0.609. The number of nitrogen functional groups attached to an aromatic ring is 1. The number of hydrogen-bond donors (Lipinski definition) is 3. The molecule has 0 spiro atoms. The summed E-state index contributed by atoms with van der Waals surface area (Å²) in [5.74, 6) is 1.76. The zero-order valence-corrected chi connectivity index (χ0v) is 19.3. The van der Waals surface area contributed by atoms with Crippen molar-refractivity contribution >= 4 is 22.5 Å². The van der Waals surface area contributed by atoms with Crippen molar-refractivity contribution in [3.8, 4) is 11.3 Å². The molecule has 6 rings (SSSR count). The van der Waals surface area contributed by atoms with E-state index in [-0.39, 0.29) is 30.5 Å². The Labute approximate surface area is 198 Å². The Balaban J connectivity index is 1.39. The van der Waals surface area contributed by atoms with Crippen LogP contribution in [0.5, 0.6) is 0 Å². The number of anilines is 2. The van der Waals surface area contributed by atoms with E-state index >= 15 is 0 Å². The summed E-state index contributed by atoms with van der Waals surface area (Å²) >= 11 is 0. The molecule has 3 aliphatic rings. The third-order valence-corrected chi connectivity index (χ3v) is 7.88. The summed E-state index contributed by atoms with van der Waals surface area (Å²) in [6.07, 6.45) is 0.791. The Morgan fingerprint density at radius 1 is 1.20 bits per heavy atom. The van der Waals surface area contributed by atoms with Crippen molar-refractivity contribution in [2.24, 2.45) is 18.9 Å². The molecule has 188 valence electrons. The molecule has 0 amide bonds. The molecule has 1 saturated heterocycles. The van der Waals surface area contributed by atoms with E-state index in [1.807, 2.05) is 16.8 Å². The maximum Gasteiger partial charge on any atom is 0.417 e. The normalized spacial score (nSPS) is 20.8. The van der Waals surface area contributed by atoms with Gasteiger partial charge in [-0.1, -0.05) is 0 Å². The number of alkyl halides is 3. The molecule has 12 heteroatoms. The third-order valence-electron chi connectivity index (χ3n) is 7.88. The monoisotopic (exact) mass is 491 g/mol. The number of aliphatic hydroxyl groups is 1. The van der Waals surface area contributed by atoms with Gasteiger partial charge < -0.3 is 20.3 Å². The Morgan fingerprint density at radius 2 is 1.83 bits per heavy atom. The fourth-order valence-corrected chi connectivity index (χ4v) is 5.56. The average molecular weight is 492 g/mol. The predicted octanol–water partition coefficient (Wildman–Crippen LogP) is 2.96. The second-order valence-electron chi connectivity index (χ2n) is 10.3. The summed E-state index contributed by atoms with van der Waals surface area (Å²) in [5.41, 5.74) is 5.02. The first kappa shape index (κ1) is 22.4. The fourth-order valence-electron chi connectivity index (χ4n) is 5.56. The predicted molar refractivity (Wildman–Crippen MR) is 124 cm³/mol. The van der Waals surface area contributed by atoms with E-state index in [0.29, 0.717) is 39.8 Å². The van der Waals surface area contributed by atoms with Gasteiger partial charge in [-0.3, -0.25) is 14.6 Å². The van der Waals surface area contributed by atoms with Crippen LogP contribution >= 0.6 is 0 Å². The van der Waals surface area contributed by atoms with E-state index in [2.05, 4.69) is 15.3 Å². The van der Waals surface area contributed by atoms with Gasteiger partial charge in [0.05, 0.1) is 11.2 Å². The lowest BCUT2D eigenvalue weighted by atomic mass is 9.91. The number of halogens is 3. The van der Waals surface area contributed by atoms with Gasteiger partial charge in [0, 0.05) is 56.8 Å². The number of rotatable bonds is 5. The number of pyridine rings is 1. The molecule has 3 aromatic heterocycles. The van der Waals surface area contributed by atoms with Crippen LogP contribution < -0.4 is 16.2 Å². The van der Waals surface area contributed by atoms with Crippen molar-refractivity contribution in [3.05, 3.63) is 22.6 Å². The second-order valence-corrected chi connectivity index (χ2v) is 10.3. The van der Waals surface area contributed by atoms with Crippen LogP contribution in [0.25, 0.3) is 22.2 Å². The van der Waals surface area contributed by atoms with Crippen LogP contribution in [0.3, 0.4) is 0 Å². The van der Waals surface area contributed by atoms with Crippen molar-refractivity contribution in [2.45, 2.75) is 56.3 Å². The number of nitrogens with two attached hydrogens (primary N) is 1. The van der Waals surface area contributed by atoms with Crippen molar-refractivity contribution < 1.29 is 18.3 Å². The number of aromatic amines is 1. The van der Waals surface area contributed by atoms with Gasteiger partial charge in [-0.25, -0.2) is 0 Å². The molecule has 0 bridgehead atoms. The van der Waals surface area contributed by atoms with Crippen LogP contribution in [0, 0.1) is 11.8 Å². The highest BCUT2D eigenvalue weighted by Crippen LogP contribution is 2.52. The SMILES string of the molecule is Cn1nc(-c2cn(C(C3CC3)C3CC3)c(=O)c3c(N)n[nH]c23)cc1N1CCC(O)(C(F)(F)F)CC1. The standard InChI is InChI=1S/C23H28F3N7O2/c1-31-16(32-8-6-22(35,7-9-32)23(24,25)26)10-15(30-31)14-11-33(19(12-2-3-12)13-4-5-13)21(34)17-18(14)28-29-20(17)27/h10-13,19,35H,2-9H2,1H3,(H3,27,28,29). The van der Waals surface area contributed by atoms with Gasteiger partial charge in [0.2, 0.25) is 0 Å². The van der Waals surface area contributed by atoms with E-state index in [1.165, 1.54) is 0 Å². The maximum atomic E-state index is 13.4. The van der Waals surface area contributed by atoms with E-state index in [1.54, 1.807) is 16.6 Å². The first-order chi connectivity index (χ1) is 16.6. The summed E-state index contributed by atoms with van der Waals surface area (Å²) in [5, 5.41) is 22.0. The average Bonchev–Trinajstić information content (AvgIpc) is 3.73. The number of H-pyrrole nitrogens is 1.